The monoisotopic (exact) mass is 276 g/mol. The van der Waals surface area contributed by atoms with Gasteiger partial charge in [0.15, 0.2) is 0 Å². The second-order valence-electron chi connectivity index (χ2n) is 4.59. The van der Waals surface area contributed by atoms with Gasteiger partial charge in [0.05, 0.1) is 5.56 Å². The van der Waals surface area contributed by atoms with Crippen LogP contribution in [0.5, 0.6) is 0 Å². The highest BCUT2D eigenvalue weighted by Gasteiger charge is 2.18. The van der Waals surface area contributed by atoms with Crippen molar-refractivity contribution in [3.8, 4) is 11.8 Å². The summed E-state index contributed by atoms with van der Waals surface area (Å²) in [4.78, 5) is 18.1. The van der Waals surface area contributed by atoms with Crippen LogP contribution >= 0.6 is 0 Å². The summed E-state index contributed by atoms with van der Waals surface area (Å²) in [6.45, 7) is 4.18. The first-order valence-corrected chi connectivity index (χ1v) is 6.56. The Kier molecular flexibility index (Phi) is 6.71. The molecule has 0 atom stereocenters. The molecular formula is C15H20N2O3. The van der Waals surface area contributed by atoms with Crippen molar-refractivity contribution in [1.82, 2.24) is 9.88 Å². The van der Waals surface area contributed by atoms with Crippen LogP contribution in [0.15, 0.2) is 18.5 Å². The molecular weight excluding hydrogens is 256 g/mol. The van der Waals surface area contributed by atoms with Crippen LogP contribution in [0.4, 0.5) is 0 Å². The Morgan fingerprint density at radius 3 is 2.75 bits per heavy atom. The Hall–Kier alpha value is -1.90. The lowest BCUT2D eigenvalue weighted by Gasteiger charge is -2.26. The van der Waals surface area contributed by atoms with E-state index in [9.17, 15) is 4.79 Å². The van der Waals surface area contributed by atoms with Gasteiger partial charge in [-0.3, -0.25) is 9.78 Å². The molecule has 0 aliphatic carbocycles. The SMILES string of the molecule is CC(C)N(CCCO)C(=O)c1cncc(C#CCO)c1. The van der Waals surface area contributed by atoms with Gasteiger partial charge in [0, 0.05) is 37.2 Å². The minimum Gasteiger partial charge on any atom is -0.396 e. The van der Waals surface area contributed by atoms with Gasteiger partial charge < -0.3 is 15.1 Å². The molecule has 108 valence electrons. The van der Waals surface area contributed by atoms with Crippen LogP contribution in [0, 0.1) is 11.8 Å². The summed E-state index contributed by atoms with van der Waals surface area (Å²) in [5, 5.41) is 17.6. The lowest BCUT2D eigenvalue weighted by molar-refractivity contribution is 0.0692. The van der Waals surface area contributed by atoms with Crippen LogP contribution in [-0.4, -0.2) is 51.8 Å². The third-order valence-electron chi connectivity index (χ3n) is 2.74. The van der Waals surface area contributed by atoms with E-state index in [1.54, 1.807) is 17.2 Å². The van der Waals surface area contributed by atoms with E-state index < -0.39 is 0 Å². The minimum atomic E-state index is -0.229. The minimum absolute atomic E-state index is 0.0428. The highest BCUT2D eigenvalue weighted by atomic mass is 16.3. The van der Waals surface area contributed by atoms with Crippen molar-refractivity contribution in [2.45, 2.75) is 26.3 Å². The third kappa shape index (κ3) is 4.65. The summed E-state index contributed by atoms with van der Waals surface area (Å²) in [7, 11) is 0. The predicted molar refractivity (Wildman–Crippen MR) is 76.1 cm³/mol. The summed E-state index contributed by atoms with van der Waals surface area (Å²) < 4.78 is 0. The van der Waals surface area contributed by atoms with Gasteiger partial charge in [-0.25, -0.2) is 0 Å². The molecule has 0 aliphatic heterocycles. The van der Waals surface area contributed by atoms with E-state index in [0.717, 1.165) is 0 Å². The van der Waals surface area contributed by atoms with Crippen LogP contribution in [-0.2, 0) is 0 Å². The zero-order valence-electron chi connectivity index (χ0n) is 11.8. The molecule has 1 aromatic heterocycles. The highest BCUT2D eigenvalue weighted by molar-refractivity contribution is 5.94. The second kappa shape index (κ2) is 8.31. The lowest BCUT2D eigenvalue weighted by atomic mass is 10.1. The Morgan fingerprint density at radius 1 is 1.40 bits per heavy atom. The molecule has 0 unspecified atom stereocenters. The molecule has 0 saturated heterocycles. The molecule has 0 fully saturated rings. The smallest absolute Gasteiger partial charge is 0.255 e. The first-order chi connectivity index (χ1) is 9.60. The lowest BCUT2D eigenvalue weighted by Crippen LogP contribution is -2.38. The average Bonchev–Trinajstić information content (AvgIpc) is 2.45. The maximum atomic E-state index is 12.4. The number of hydrogen-bond donors (Lipinski definition) is 2. The van der Waals surface area contributed by atoms with Crippen LogP contribution < -0.4 is 0 Å². The number of carbonyl (C=O) groups excluding carboxylic acids is 1. The number of hydrogen-bond acceptors (Lipinski definition) is 4. The van der Waals surface area contributed by atoms with Gasteiger partial charge in [-0.1, -0.05) is 11.8 Å². The Bertz CT molecular complexity index is 503. The van der Waals surface area contributed by atoms with Crippen molar-refractivity contribution in [2.24, 2.45) is 0 Å². The van der Waals surface area contributed by atoms with Crippen LogP contribution in [0.2, 0.25) is 0 Å². The number of aliphatic hydroxyl groups is 2. The standard InChI is InChI=1S/C15H20N2O3/c1-12(2)17(6-4-8-19)15(20)14-9-13(5-3-7-18)10-16-11-14/h9-12,18-19H,4,6-8H2,1-2H3. The van der Waals surface area contributed by atoms with E-state index in [1.165, 1.54) is 6.20 Å². The van der Waals surface area contributed by atoms with Crippen molar-refractivity contribution in [3.63, 3.8) is 0 Å². The zero-order valence-corrected chi connectivity index (χ0v) is 11.8. The number of pyridine rings is 1. The Morgan fingerprint density at radius 2 is 2.15 bits per heavy atom. The molecule has 5 heteroatoms. The molecule has 0 saturated carbocycles. The molecule has 0 aliphatic rings. The van der Waals surface area contributed by atoms with E-state index >= 15 is 0 Å². The van der Waals surface area contributed by atoms with Gasteiger partial charge in [-0.2, -0.15) is 0 Å². The largest absolute Gasteiger partial charge is 0.396 e. The molecule has 0 radical (unpaired) electrons. The van der Waals surface area contributed by atoms with E-state index in [4.69, 9.17) is 10.2 Å². The fourth-order valence-electron chi connectivity index (χ4n) is 1.77. The predicted octanol–water partition coefficient (Wildman–Crippen LogP) is 0.658. The highest BCUT2D eigenvalue weighted by Crippen LogP contribution is 2.10. The van der Waals surface area contributed by atoms with Crippen LogP contribution in [0.3, 0.4) is 0 Å². The molecule has 1 amide bonds. The maximum Gasteiger partial charge on any atom is 0.255 e. The third-order valence-corrected chi connectivity index (χ3v) is 2.74. The summed E-state index contributed by atoms with van der Waals surface area (Å²) in [6.07, 6.45) is 3.59. The number of carbonyl (C=O) groups is 1. The van der Waals surface area contributed by atoms with Crippen molar-refractivity contribution < 1.29 is 15.0 Å². The summed E-state index contributed by atoms with van der Waals surface area (Å²) in [6, 6.07) is 1.70. The quantitative estimate of drug-likeness (QED) is 0.775. The Labute approximate surface area is 119 Å². The van der Waals surface area contributed by atoms with Crippen molar-refractivity contribution >= 4 is 5.91 Å². The second-order valence-corrected chi connectivity index (χ2v) is 4.59. The Balaban J connectivity index is 2.93. The first-order valence-electron chi connectivity index (χ1n) is 6.56. The van der Waals surface area contributed by atoms with E-state index in [-0.39, 0.29) is 25.2 Å². The van der Waals surface area contributed by atoms with E-state index in [0.29, 0.717) is 24.1 Å². The topological polar surface area (TPSA) is 73.7 Å². The average molecular weight is 276 g/mol. The van der Waals surface area contributed by atoms with Crippen molar-refractivity contribution in [3.05, 3.63) is 29.6 Å². The molecule has 20 heavy (non-hydrogen) atoms. The molecule has 0 spiro atoms. The summed E-state index contributed by atoms with van der Waals surface area (Å²) in [5.41, 5.74) is 1.05. The van der Waals surface area contributed by atoms with Gasteiger partial charge in [0.2, 0.25) is 0 Å². The van der Waals surface area contributed by atoms with Gasteiger partial charge in [-0.05, 0) is 26.3 Å². The van der Waals surface area contributed by atoms with Crippen LogP contribution in [0.25, 0.3) is 0 Å². The van der Waals surface area contributed by atoms with Crippen LogP contribution in [0.1, 0.15) is 36.2 Å². The summed E-state index contributed by atoms with van der Waals surface area (Å²) >= 11 is 0. The van der Waals surface area contributed by atoms with Gasteiger partial charge in [-0.15, -0.1) is 0 Å². The van der Waals surface area contributed by atoms with E-state index in [2.05, 4.69) is 16.8 Å². The number of aliphatic hydroxyl groups excluding tert-OH is 2. The zero-order chi connectivity index (χ0) is 15.0. The number of amides is 1. The molecule has 0 bridgehead atoms. The maximum absolute atomic E-state index is 12.4. The van der Waals surface area contributed by atoms with Gasteiger partial charge in [0.25, 0.3) is 5.91 Å². The number of rotatable bonds is 5. The van der Waals surface area contributed by atoms with Gasteiger partial charge >= 0.3 is 0 Å². The first kappa shape index (κ1) is 16.2. The molecule has 1 aromatic rings. The molecule has 1 rings (SSSR count). The van der Waals surface area contributed by atoms with Crippen molar-refractivity contribution in [2.75, 3.05) is 19.8 Å². The number of nitrogens with zero attached hydrogens (tertiary/aromatic N) is 2. The molecule has 2 N–H and O–H groups in total. The normalized spacial score (nSPS) is 10.1. The fraction of sp³-hybridized carbons (Fsp3) is 0.467. The number of aromatic nitrogens is 1. The van der Waals surface area contributed by atoms with Gasteiger partial charge in [0.1, 0.15) is 6.61 Å². The summed E-state index contributed by atoms with van der Waals surface area (Å²) in [5.74, 6) is 5.12. The fourth-order valence-corrected chi connectivity index (χ4v) is 1.77. The van der Waals surface area contributed by atoms with E-state index in [1.807, 2.05) is 13.8 Å². The molecule has 0 aromatic carbocycles. The van der Waals surface area contributed by atoms with Crippen molar-refractivity contribution in [1.29, 1.82) is 0 Å². The molecule has 5 nitrogen and oxygen atoms in total. The molecule has 1 heterocycles.